The first kappa shape index (κ1) is 107. The fraction of sp³-hybridized carbons (Fsp3) is 0.297. The van der Waals surface area contributed by atoms with Gasteiger partial charge < -0.3 is 57.7 Å². The average molecular weight is 2030 g/mol. The van der Waals surface area contributed by atoms with Gasteiger partial charge in [-0.15, -0.1) is 0 Å². The lowest BCUT2D eigenvalue weighted by Gasteiger charge is -2.32. The SMILES string of the molecule is COc1cc(C)cc(C)c1-c1c(O)c(C)c(-c2ccccn2)oc1=O.COc1cc(C)cc(C)c1-c1c(O)nc(-c2ccc(F)cc2)sc1=O.Cc1cc(Br)cc(C)c1-c1c(O)c(C)c(-c2ccccn2)oc1=O.Cc1cc(C)c(C2=C(O)C3(CCCCC3)CC2=O)c(C)c1.Cc1cc(C)c(C2=C(OC(=O)CC(C)(C)C)C3(CCCC3)OC2=O)c(C)c1.Cc1ccccc1-c1c(O)c(C)c(-c2ccccn2)oc1=O. The van der Waals surface area contributed by atoms with Gasteiger partial charge in [0.1, 0.15) is 90.2 Å². The van der Waals surface area contributed by atoms with Crippen LogP contribution in [0.25, 0.3) is 101 Å². The molecule has 0 radical (unpaired) electrons. The molecule has 0 saturated heterocycles. The van der Waals surface area contributed by atoms with E-state index < -0.39 is 22.5 Å². The van der Waals surface area contributed by atoms with Gasteiger partial charge >= 0.3 is 28.8 Å². The molecule has 746 valence electrons. The summed E-state index contributed by atoms with van der Waals surface area (Å²) in [7, 11) is 3.05. The quantitative estimate of drug-likeness (QED) is 0.0631. The van der Waals surface area contributed by atoms with Gasteiger partial charge in [0.25, 0.3) is 0 Å². The highest BCUT2D eigenvalue weighted by Gasteiger charge is 2.53. The number of allylic oxidation sites excluding steroid dienone is 2. The molecule has 0 unspecified atom stereocenters. The van der Waals surface area contributed by atoms with Gasteiger partial charge in [0.05, 0.1) is 26.2 Å². The summed E-state index contributed by atoms with van der Waals surface area (Å²) in [6.45, 7) is 36.5. The van der Waals surface area contributed by atoms with E-state index in [0.717, 1.165) is 132 Å². The van der Waals surface area contributed by atoms with Crippen molar-refractivity contribution >= 4 is 56.1 Å². The number of hydrogen-bond acceptors (Lipinski definition) is 24. The van der Waals surface area contributed by atoms with Crippen molar-refractivity contribution in [2.75, 3.05) is 14.2 Å². The number of ether oxygens (including phenoxy) is 4. The first-order valence-corrected chi connectivity index (χ1v) is 49.2. The summed E-state index contributed by atoms with van der Waals surface area (Å²) in [5, 5.41) is 53.6. The van der Waals surface area contributed by atoms with E-state index in [1.54, 1.807) is 106 Å². The van der Waals surface area contributed by atoms with Gasteiger partial charge in [0.2, 0.25) is 10.6 Å². The molecular weight excluding hydrogens is 1910 g/mol. The number of Topliss-reactive ketones (excluding diaryl/α,β-unsaturated/α-hetero) is 1. The smallest absolute Gasteiger partial charge is 0.348 e. The number of aromatic hydroxyl groups is 4. The third kappa shape index (κ3) is 23.1. The lowest BCUT2D eigenvalue weighted by atomic mass is 9.72. The molecule has 1 aliphatic heterocycles. The third-order valence-electron chi connectivity index (χ3n) is 26.2. The molecule has 2 fully saturated rings. The van der Waals surface area contributed by atoms with Crippen molar-refractivity contribution in [3.05, 3.63) is 345 Å². The van der Waals surface area contributed by atoms with E-state index in [9.17, 15) is 63.5 Å². The zero-order chi connectivity index (χ0) is 105. The summed E-state index contributed by atoms with van der Waals surface area (Å²) in [6.07, 6.45) is 14.4. The molecule has 0 bridgehead atoms. The maximum Gasteiger partial charge on any atom is 0.348 e. The number of aromatic nitrogens is 4. The van der Waals surface area contributed by atoms with Gasteiger partial charge in [0.15, 0.2) is 34.4 Å². The van der Waals surface area contributed by atoms with Crippen molar-refractivity contribution < 1.29 is 76.5 Å². The van der Waals surface area contributed by atoms with Crippen LogP contribution in [0.15, 0.2) is 231 Å². The number of ketones is 1. The van der Waals surface area contributed by atoms with Gasteiger partial charge in [-0.05, 0) is 323 Å². The Kier molecular flexibility index (Phi) is 33.2. The molecule has 2 spiro atoms. The minimum atomic E-state index is -0.774. The molecule has 0 amide bonds. The van der Waals surface area contributed by atoms with Gasteiger partial charge in [-0.25, -0.2) is 28.6 Å². The minimum Gasteiger partial charge on any atom is -0.511 e. The highest BCUT2D eigenvalue weighted by Crippen LogP contribution is 2.55. The second-order valence-corrected chi connectivity index (χ2v) is 40.5. The Balaban J connectivity index is 0.000000145. The van der Waals surface area contributed by atoms with Crippen molar-refractivity contribution in [2.45, 2.75) is 208 Å². The largest absolute Gasteiger partial charge is 0.511 e. The van der Waals surface area contributed by atoms with Crippen LogP contribution in [0.3, 0.4) is 0 Å². The van der Waals surface area contributed by atoms with Crippen LogP contribution in [0.4, 0.5) is 4.39 Å². The first-order chi connectivity index (χ1) is 68.3. The number of hydrogen-bond donors (Lipinski definition) is 5. The van der Waals surface area contributed by atoms with Gasteiger partial charge in [-0.3, -0.25) is 29.3 Å². The van der Waals surface area contributed by atoms with Crippen molar-refractivity contribution in [2.24, 2.45) is 10.8 Å². The predicted octanol–water partition coefficient (Wildman–Crippen LogP) is 26.7. The molecule has 26 heteroatoms. The molecule has 2 saturated carbocycles. The van der Waals surface area contributed by atoms with Crippen LogP contribution >= 0.6 is 27.3 Å². The number of aliphatic hydroxyl groups is 1. The Morgan fingerprint density at radius 2 is 0.833 bits per heavy atom. The molecule has 4 aliphatic rings. The number of esters is 2. The molecular formula is C118H120BrFN4O19S. The van der Waals surface area contributed by atoms with E-state index >= 15 is 0 Å². The van der Waals surface area contributed by atoms with Crippen molar-refractivity contribution in [3.63, 3.8) is 0 Å². The van der Waals surface area contributed by atoms with Crippen molar-refractivity contribution in [1.29, 1.82) is 0 Å². The molecule has 23 nitrogen and oxygen atoms in total. The molecule has 3 aliphatic carbocycles. The summed E-state index contributed by atoms with van der Waals surface area (Å²) in [4.78, 5) is 105. The van der Waals surface area contributed by atoms with Gasteiger partial charge in [0, 0.05) is 68.3 Å². The first-order valence-electron chi connectivity index (χ1n) is 47.6. The summed E-state index contributed by atoms with van der Waals surface area (Å²) >= 11 is 4.34. The number of aryl methyl sites for hydroxylation is 13. The Bertz CT molecular complexity index is 7540. The van der Waals surface area contributed by atoms with E-state index in [1.807, 2.05) is 152 Å². The van der Waals surface area contributed by atoms with Crippen LogP contribution in [0.5, 0.6) is 34.6 Å². The number of pyridine rings is 3. The molecule has 7 aromatic heterocycles. The molecule has 14 aromatic rings. The molecule has 8 heterocycles. The summed E-state index contributed by atoms with van der Waals surface area (Å²) < 4.78 is 52.7. The summed E-state index contributed by atoms with van der Waals surface area (Å²) in [5.74, 6) is 1.14. The fourth-order valence-electron chi connectivity index (χ4n) is 19.8. The second-order valence-electron chi connectivity index (χ2n) is 38.6. The number of rotatable bonds is 14. The number of nitrogens with zero attached hydrogens (tertiary/aromatic N) is 4. The second kappa shape index (κ2) is 44.8. The molecule has 18 rings (SSSR count). The lowest BCUT2D eigenvalue weighted by Crippen LogP contribution is -2.31. The maximum atomic E-state index is 13.1. The van der Waals surface area contributed by atoms with Crippen LogP contribution in [0, 0.1) is 127 Å². The van der Waals surface area contributed by atoms with Crippen LogP contribution in [-0.2, 0) is 23.9 Å². The number of carbonyl (C=O) groups is 3. The predicted molar refractivity (Wildman–Crippen MR) is 565 cm³/mol. The summed E-state index contributed by atoms with van der Waals surface area (Å²) in [5.41, 5.74) is 19.2. The van der Waals surface area contributed by atoms with E-state index in [2.05, 4.69) is 67.1 Å². The maximum absolute atomic E-state index is 13.1. The van der Waals surface area contributed by atoms with Gasteiger partial charge in [-0.1, -0.05) is 157 Å². The summed E-state index contributed by atoms with van der Waals surface area (Å²) in [6, 6.07) is 48.5. The normalized spacial score (nSPS) is 13.8. The molecule has 0 atom stereocenters. The zero-order valence-electron chi connectivity index (χ0n) is 85.0. The standard InChI is InChI=1S/C23H30O4.C20H19NO4.C19H16BrNO3.C19H16FNO3S.C19H24O2.C18H15NO3/c1-14-11-15(2)18(16(3)12-14)19-20(26-17(24)13-22(4,5)6)23(27-21(19)25)9-7-8-10-23;1-11-9-12(2)16(15(10-11)24-4)17-18(22)13(3)19(25-20(17)23)14-7-5-6-8-21-14;1-10-8-13(20)9-11(2)15(10)16-17(22)12(3)18(24-19(16)23)14-6-4-5-7-21-14;1-10-8-11(2)15(14(9-10)24-3)16-17(22)21-18(25-19(16)23)12-4-6-13(20)7-5-12;1-12-9-13(2)16(14(3)10-12)17-15(20)11-19(18(17)21)7-5-4-6-8-19;1-11-7-3-4-8-13(11)15-16(20)12(2)17(22-18(15)21)14-9-5-6-10-19-14/h11-12H,7-10,13H2,1-6H3;5-10,22H,1-4H3;4-9,22H,1-3H3;4-9,22H,1-3H3;9-10,21H,4-8,11H2,1-3H3;3-10,20H,1-2H3. The molecule has 5 N–H and O–H groups in total. The minimum absolute atomic E-state index is 0.0637. The van der Waals surface area contributed by atoms with E-state index in [1.165, 1.54) is 50.5 Å². The number of methoxy groups -OCH3 is 2. The van der Waals surface area contributed by atoms with Crippen LogP contribution in [0.1, 0.15) is 192 Å². The lowest BCUT2D eigenvalue weighted by molar-refractivity contribution is -0.153. The number of carbonyl (C=O) groups excluding carboxylic acids is 3. The number of aliphatic hydroxyl groups excluding tert-OH is 1. The molecule has 7 aromatic carbocycles. The van der Waals surface area contributed by atoms with E-state index in [0.29, 0.717) is 132 Å². The third-order valence-corrected chi connectivity index (χ3v) is 27.6. The number of halogens is 2. The highest BCUT2D eigenvalue weighted by molar-refractivity contribution is 9.10. The fourth-order valence-corrected chi connectivity index (χ4v) is 21.3. The average Bonchev–Trinajstić information content (AvgIpc) is 1.72. The van der Waals surface area contributed by atoms with Crippen LogP contribution in [0.2, 0.25) is 0 Å². The monoisotopic (exact) mass is 2030 g/mol. The van der Waals surface area contributed by atoms with Crippen LogP contribution < -0.4 is 31.1 Å². The Morgan fingerprint density at radius 1 is 0.444 bits per heavy atom. The van der Waals surface area contributed by atoms with Crippen LogP contribution in [-0.4, -0.2) is 83.0 Å². The van der Waals surface area contributed by atoms with Crippen molar-refractivity contribution in [1.82, 2.24) is 19.9 Å². The topological polar surface area (TPSA) is 349 Å². The number of benzene rings is 7. The van der Waals surface area contributed by atoms with E-state index in [4.69, 9.17) is 32.2 Å². The highest BCUT2D eigenvalue weighted by atomic mass is 79.9. The van der Waals surface area contributed by atoms with Gasteiger partial charge in [-0.2, -0.15) is 0 Å². The zero-order valence-corrected chi connectivity index (χ0v) is 87.4. The Hall–Kier alpha value is -14.8. The molecule has 144 heavy (non-hydrogen) atoms. The Morgan fingerprint density at radius 3 is 1.26 bits per heavy atom. The van der Waals surface area contributed by atoms with E-state index in [-0.39, 0.29) is 96.0 Å². The Labute approximate surface area is 849 Å². The van der Waals surface area contributed by atoms with Crippen molar-refractivity contribution in [3.8, 4) is 124 Å².